The maximum atomic E-state index is 11.7. The van der Waals surface area contributed by atoms with Gasteiger partial charge in [-0.1, -0.05) is 23.9 Å². The van der Waals surface area contributed by atoms with Gasteiger partial charge in [0.15, 0.2) is 5.16 Å². The lowest BCUT2D eigenvalue weighted by atomic mass is 10.3. The molecule has 1 N–H and O–H groups in total. The highest BCUT2D eigenvalue weighted by atomic mass is 127. The summed E-state index contributed by atoms with van der Waals surface area (Å²) in [6.45, 7) is 0. The van der Waals surface area contributed by atoms with Crippen molar-refractivity contribution >= 4 is 45.9 Å². The van der Waals surface area contributed by atoms with Gasteiger partial charge in [0.2, 0.25) is 5.91 Å². The van der Waals surface area contributed by atoms with Crippen molar-refractivity contribution in [3.63, 3.8) is 0 Å². The van der Waals surface area contributed by atoms with Gasteiger partial charge in [-0.25, -0.2) is 9.97 Å². The Labute approximate surface area is 123 Å². The number of carbonyl (C=O) groups excluding carboxylic acids is 1. The number of benzene rings is 1. The number of nitrogens with zero attached hydrogens (tertiary/aromatic N) is 2. The number of para-hydroxylation sites is 1. The lowest BCUT2D eigenvalue weighted by molar-refractivity contribution is -0.113. The highest BCUT2D eigenvalue weighted by Gasteiger charge is 2.06. The van der Waals surface area contributed by atoms with E-state index in [0.717, 1.165) is 9.26 Å². The Hall–Kier alpha value is -1.15. The standard InChI is InChI=1S/C12H10IN3OS/c13-9-4-1-2-5-10(9)16-11(17)8-18-12-14-6-3-7-15-12/h1-7H,8H2,(H,16,17). The van der Waals surface area contributed by atoms with E-state index in [0.29, 0.717) is 10.9 Å². The third kappa shape index (κ3) is 3.95. The fraction of sp³-hybridized carbons (Fsp3) is 0.0833. The van der Waals surface area contributed by atoms with Crippen molar-refractivity contribution in [3.8, 4) is 0 Å². The van der Waals surface area contributed by atoms with Crippen molar-refractivity contribution in [1.29, 1.82) is 0 Å². The number of amides is 1. The topological polar surface area (TPSA) is 54.9 Å². The van der Waals surface area contributed by atoms with Crippen LogP contribution in [0.1, 0.15) is 0 Å². The summed E-state index contributed by atoms with van der Waals surface area (Å²) >= 11 is 3.50. The number of aromatic nitrogens is 2. The van der Waals surface area contributed by atoms with Gasteiger partial charge in [-0.2, -0.15) is 0 Å². The number of nitrogens with one attached hydrogen (secondary N) is 1. The van der Waals surface area contributed by atoms with Crippen LogP contribution in [-0.4, -0.2) is 21.6 Å². The van der Waals surface area contributed by atoms with Gasteiger partial charge < -0.3 is 5.32 Å². The highest BCUT2D eigenvalue weighted by molar-refractivity contribution is 14.1. The van der Waals surface area contributed by atoms with E-state index in [9.17, 15) is 4.79 Å². The van der Waals surface area contributed by atoms with Gasteiger partial charge in [-0.15, -0.1) is 0 Å². The van der Waals surface area contributed by atoms with E-state index >= 15 is 0 Å². The number of carbonyl (C=O) groups is 1. The van der Waals surface area contributed by atoms with Crippen LogP contribution < -0.4 is 5.32 Å². The smallest absolute Gasteiger partial charge is 0.234 e. The molecule has 4 nitrogen and oxygen atoms in total. The third-order valence-electron chi connectivity index (χ3n) is 2.02. The molecule has 6 heteroatoms. The maximum Gasteiger partial charge on any atom is 0.234 e. The Morgan fingerprint density at radius 1 is 1.22 bits per heavy atom. The minimum Gasteiger partial charge on any atom is -0.324 e. The van der Waals surface area contributed by atoms with E-state index in [1.807, 2.05) is 24.3 Å². The summed E-state index contributed by atoms with van der Waals surface area (Å²) in [5.74, 6) is 0.242. The van der Waals surface area contributed by atoms with Crippen LogP contribution in [0.4, 0.5) is 5.69 Å². The Morgan fingerprint density at radius 3 is 2.67 bits per heavy atom. The third-order valence-corrected chi connectivity index (χ3v) is 3.84. The summed E-state index contributed by atoms with van der Waals surface area (Å²) in [7, 11) is 0. The SMILES string of the molecule is O=C(CSc1ncccn1)Nc1ccccc1I. The average molecular weight is 371 g/mol. The van der Waals surface area contributed by atoms with Crippen molar-refractivity contribution in [3.05, 3.63) is 46.3 Å². The normalized spacial score (nSPS) is 10.1. The van der Waals surface area contributed by atoms with Crippen molar-refractivity contribution in [2.24, 2.45) is 0 Å². The van der Waals surface area contributed by atoms with Crippen LogP contribution >= 0.6 is 34.4 Å². The summed E-state index contributed by atoms with van der Waals surface area (Å²) in [5, 5.41) is 3.46. The molecule has 0 atom stereocenters. The predicted molar refractivity (Wildman–Crippen MR) is 80.5 cm³/mol. The number of halogens is 1. The van der Waals surface area contributed by atoms with Gasteiger partial charge in [0.05, 0.1) is 11.4 Å². The minimum atomic E-state index is -0.0587. The first-order chi connectivity index (χ1) is 8.75. The quantitative estimate of drug-likeness (QED) is 0.510. The molecule has 0 saturated carbocycles. The first kappa shape index (κ1) is 13.3. The van der Waals surface area contributed by atoms with Crippen LogP contribution in [0.25, 0.3) is 0 Å². The molecule has 0 fully saturated rings. The Bertz CT molecular complexity index is 536. The molecule has 0 aliphatic heterocycles. The van der Waals surface area contributed by atoms with E-state index in [4.69, 9.17) is 0 Å². The summed E-state index contributed by atoms with van der Waals surface area (Å²) in [6, 6.07) is 9.40. The predicted octanol–water partition coefficient (Wildman–Crippen LogP) is 2.81. The number of hydrogen-bond donors (Lipinski definition) is 1. The molecule has 2 aromatic rings. The van der Waals surface area contributed by atoms with Crippen molar-refractivity contribution in [2.75, 3.05) is 11.1 Å². The lowest BCUT2D eigenvalue weighted by Gasteiger charge is -2.06. The zero-order valence-corrected chi connectivity index (χ0v) is 12.3. The van der Waals surface area contributed by atoms with Crippen LogP contribution in [-0.2, 0) is 4.79 Å². The number of anilines is 1. The lowest BCUT2D eigenvalue weighted by Crippen LogP contribution is -2.15. The second-order valence-electron chi connectivity index (χ2n) is 3.35. The summed E-state index contributed by atoms with van der Waals surface area (Å²) in [6.07, 6.45) is 3.32. The molecule has 18 heavy (non-hydrogen) atoms. The molecule has 0 radical (unpaired) electrons. The van der Waals surface area contributed by atoms with Crippen molar-refractivity contribution in [2.45, 2.75) is 5.16 Å². The zero-order valence-electron chi connectivity index (χ0n) is 9.34. The molecule has 0 unspecified atom stereocenters. The molecule has 0 saturated heterocycles. The highest BCUT2D eigenvalue weighted by Crippen LogP contribution is 2.18. The van der Waals surface area contributed by atoms with Gasteiger partial charge in [0.25, 0.3) is 0 Å². The van der Waals surface area contributed by atoms with E-state index in [1.54, 1.807) is 18.5 Å². The second-order valence-corrected chi connectivity index (χ2v) is 5.45. The molecular weight excluding hydrogens is 361 g/mol. The fourth-order valence-corrected chi connectivity index (χ4v) is 2.36. The van der Waals surface area contributed by atoms with Gasteiger partial charge in [-0.05, 0) is 40.8 Å². The zero-order chi connectivity index (χ0) is 12.8. The van der Waals surface area contributed by atoms with Gasteiger partial charge in [0, 0.05) is 16.0 Å². The van der Waals surface area contributed by atoms with E-state index in [-0.39, 0.29) is 5.91 Å². The van der Waals surface area contributed by atoms with Gasteiger partial charge in [-0.3, -0.25) is 4.79 Å². The van der Waals surface area contributed by atoms with E-state index in [1.165, 1.54) is 11.8 Å². The molecule has 1 aromatic heterocycles. The first-order valence-corrected chi connectivity index (χ1v) is 7.26. The average Bonchev–Trinajstić information content (AvgIpc) is 2.40. The summed E-state index contributed by atoms with van der Waals surface area (Å²) < 4.78 is 1.02. The fourth-order valence-electron chi connectivity index (χ4n) is 1.24. The molecule has 1 aromatic carbocycles. The summed E-state index contributed by atoms with van der Waals surface area (Å²) in [5.41, 5.74) is 0.831. The monoisotopic (exact) mass is 371 g/mol. The Morgan fingerprint density at radius 2 is 1.94 bits per heavy atom. The summed E-state index contributed by atoms with van der Waals surface area (Å²) in [4.78, 5) is 19.8. The molecule has 1 heterocycles. The number of thioether (sulfide) groups is 1. The van der Waals surface area contributed by atoms with Crippen LogP contribution in [0.15, 0.2) is 47.9 Å². The second kappa shape index (κ2) is 6.69. The Kier molecular flexibility index (Phi) is 4.94. The van der Waals surface area contributed by atoms with Crippen molar-refractivity contribution in [1.82, 2.24) is 9.97 Å². The number of rotatable bonds is 4. The van der Waals surface area contributed by atoms with E-state index < -0.39 is 0 Å². The molecule has 0 aliphatic rings. The first-order valence-electron chi connectivity index (χ1n) is 5.20. The number of hydrogen-bond acceptors (Lipinski definition) is 4. The van der Waals surface area contributed by atoms with Crippen LogP contribution in [0.3, 0.4) is 0 Å². The molecule has 0 bridgehead atoms. The maximum absolute atomic E-state index is 11.7. The minimum absolute atomic E-state index is 0.0587. The van der Waals surface area contributed by atoms with Gasteiger partial charge in [0.1, 0.15) is 0 Å². The molecule has 2 rings (SSSR count). The molecule has 0 spiro atoms. The van der Waals surface area contributed by atoms with Crippen LogP contribution in [0, 0.1) is 3.57 Å². The molecule has 92 valence electrons. The van der Waals surface area contributed by atoms with Crippen LogP contribution in [0.5, 0.6) is 0 Å². The van der Waals surface area contributed by atoms with Gasteiger partial charge >= 0.3 is 0 Å². The molecule has 0 aliphatic carbocycles. The van der Waals surface area contributed by atoms with E-state index in [2.05, 4.69) is 37.9 Å². The Balaban J connectivity index is 1.88. The van der Waals surface area contributed by atoms with Crippen molar-refractivity contribution < 1.29 is 4.79 Å². The largest absolute Gasteiger partial charge is 0.324 e. The van der Waals surface area contributed by atoms with Crippen LogP contribution in [0.2, 0.25) is 0 Å². The molecule has 1 amide bonds. The molecular formula is C12H10IN3OS.